The number of hydrogen-bond donors (Lipinski definition) is 1. The van der Waals surface area contributed by atoms with Gasteiger partial charge in [-0.25, -0.2) is 0 Å². The van der Waals surface area contributed by atoms with Gasteiger partial charge in [-0.3, -0.25) is 14.9 Å². The largest absolute Gasteiger partial charge is 0.296 e. The molecule has 1 unspecified atom stereocenters. The molecule has 1 heterocycles. The molecule has 1 saturated heterocycles. The Bertz CT molecular complexity index is 186. The monoisotopic (exact) mass is 139 g/mol. The molecular weight excluding hydrogens is 130 g/mol. The van der Waals surface area contributed by atoms with Crippen molar-refractivity contribution in [2.75, 3.05) is 0 Å². The first-order chi connectivity index (χ1) is 4.74. The fraction of sp³-hybridized carbons (Fsp3) is 0.429. The Morgan fingerprint density at radius 2 is 2.40 bits per heavy atom. The number of nitrogens with one attached hydrogen (secondary N) is 1. The molecule has 0 saturated carbocycles. The van der Waals surface area contributed by atoms with Crippen LogP contribution in [-0.4, -0.2) is 11.8 Å². The maximum absolute atomic E-state index is 10.8. The summed E-state index contributed by atoms with van der Waals surface area (Å²) in [5.74, 6) is -0.494. The molecule has 2 amide bonds. The van der Waals surface area contributed by atoms with Crippen LogP contribution in [0, 0.1) is 5.92 Å². The van der Waals surface area contributed by atoms with E-state index in [9.17, 15) is 9.59 Å². The van der Waals surface area contributed by atoms with E-state index in [4.69, 9.17) is 0 Å². The van der Waals surface area contributed by atoms with Gasteiger partial charge in [-0.05, 0) is 6.42 Å². The third-order valence-electron chi connectivity index (χ3n) is 1.52. The molecule has 1 N–H and O–H groups in total. The number of amides is 2. The fourth-order valence-corrected chi connectivity index (χ4v) is 0.999. The average Bonchev–Trinajstić information content (AvgIpc) is 2.13. The van der Waals surface area contributed by atoms with Gasteiger partial charge in [0.2, 0.25) is 11.8 Å². The molecule has 1 atom stereocenters. The summed E-state index contributed by atoms with van der Waals surface area (Å²) in [7, 11) is 0. The molecule has 10 heavy (non-hydrogen) atoms. The normalized spacial score (nSPS) is 24.6. The topological polar surface area (TPSA) is 46.2 Å². The minimum Gasteiger partial charge on any atom is -0.296 e. The molecule has 0 aromatic heterocycles. The van der Waals surface area contributed by atoms with Crippen LogP contribution >= 0.6 is 0 Å². The lowest BCUT2D eigenvalue weighted by Crippen LogP contribution is -2.21. The SMILES string of the molecule is C=CCC1CC(=O)NC1=O. The van der Waals surface area contributed by atoms with Gasteiger partial charge in [0.05, 0.1) is 5.92 Å². The maximum atomic E-state index is 10.8. The molecule has 54 valence electrons. The molecule has 1 aliphatic rings. The van der Waals surface area contributed by atoms with E-state index in [1.54, 1.807) is 6.08 Å². The molecule has 0 radical (unpaired) electrons. The molecule has 1 fully saturated rings. The van der Waals surface area contributed by atoms with Crippen LogP contribution in [0.3, 0.4) is 0 Å². The van der Waals surface area contributed by atoms with Crippen LogP contribution in [0.25, 0.3) is 0 Å². The van der Waals surface area contributed by atoms with Gasteiger partial charge in [-0.15, -0.1) is 6.58 Å². The highest BCUT2D eigenvalue weighted by atomic mass is 16.2. The summed E-state index contributed by atoms with van der Waals surface area (Å²) >= 11 is 0. The highest BCUT2D eigenvalue weighted by Gasteiger charge is 2.28. The standard InChI is InChI=1S/C7H9NO2/c1-2-3-5-4-6(9)8-7(5)10/h2,5H,1,3-4H2,(H,8,9,10). The molecule has 1 rings (SSSR count). The van der Waals surface area contributed by atoms with Crippen LogP contribution in [0.1, 0.15) is 12.8 Å². The van der Waals surface area contributed by atoms with Crippen molar-refractivity contribution in [1.82, 2.24) is 5.32 Å². The van der Waals surface area contributed by atoms with Gasteiger partial charge in [-0.2, -0.15) is 0 Å². The third-order valence-corrected chi connectivity index (χ3v) is 1.52. The number of carbonyl (C=O) groups is 2. The zero-order valence-electron chi connectivity index (χ0n) is 5.59. The second kappa shape index (κ2) is 2.64. The van der Waals surface area contributed by atoms with Gasteiger partial charge < -0.3 is 0 Å². The Balaban J connectivity index is 2.54. The summed E-state index contributed by atoms with van der Waals surface area (Å²) in [6, 6.07) is 0. The van der Waals surface area contributed by atoms with Crippen molar-refractivity contribution >= 4 is 11.8 Å². The van der Waals surface area contributed by atoms with Crippen LogP contribution in [0.5, 0.6) is 0 Å². The Morgan fingerprint density at radius 3 is 2.80 bits per heavy atom. The van der Waals surface area contributed by atoms with Crippen molar-refractivity contribution in [3.8, 4) is 0 Å². The van der Waals surface area contributed by atoms with E-state index in [-0.39, 0.29) is 17.7 Å². The minimum absolute atomic E-state index is 0.162. The Hall–Kier alpha value is -1.12. The number of hydrogen-bond acceptors (Lipinski definition) is 2. The summed E-state index contributed by atoms with van der Waals surface area (Å²) in [4.78, 5) is 21.4. The van der Waals surface area contributed by atoms with Gasteiger partial charge in [-0.1, -0.05) is 6.08 Å². The zero-order chi connectivity index (χ0) is 7.56. The summed E-state index contributed by atoms with van der Waals surface area (Å²) < 4.78 is 0. The Labute approximate surface area is 59.1 Å². The fourth-order valence-electron chi connectivity index (χ4n) is 0.999. The van der Waals surface area contributed by atoms with Crippen molar-refractivity contribution in [3.63, 3.8) is 0 Å². The predicted molar refractivity (Wildman–Crippen MR) is 36.1 cm³/mol. The number of carbonyl (C=O) groups excluding carboxylic acids is 2. The summed E-state index contributed by atoms with van der Waals surface area (Å²) in [6.45, 7) is 3.49. The summed E-state index contributed by atoms with van der Waals surface area (Å²) in [6.07, 6.45) is 2.57. The Morgan fingerprint density at radius 1 is 1.70 bits per heavy atom. The molecule has 0 bridgehead atoms. The predicted octanol–water partition coefficient (Wildman–Crippen LogP) is 0.225. The first-order valence-electron chi connectivity index (χ1n) is 3.18. The lowest BCUT2D eigenvalue weighted by molar-refractivity contribution is -0.125. The second-order valence-corrected chi connectivity index (χ2v) is 2.34. The highest BCUT2D eigenvalue weighted by Crippen LogP contribution is 2.14. The average molecular weight is 139 g/mol. The smallest absolute Gasteiger partial charge is 0.230 e. The maximum Gasteiger partial charge on any atom is 0.230 e. The molecule has 3 nitrogen and oxygen atoms in total. The van der Waals surface area contributed by atoms with E-state index in [0.29, 0.717) is 12.8 Å². The van der Waals surface area contributed by atoms with Crippen LogP contribution in [-0.2, 0) is 9.59 Å². The van der Waals surface area contributed by atoms with E-state index < -0.39 is 0 Å². The first-order valence-corrected chi connectivity index (χ1v) is 3.18. The zero-order valence-corrected chi connectivity index (χ0v) is 5.59. The number of allylic oxidation sites excluding steroid dienone is 1. The third kappa shape index (κ3) is 1.23. The van der Waals surface area contributed by atoms with Crippen LogP contribution < -0.4 is 5.32 Å². The number of rotatable bonds is 2. The highest BCUT2D eigenvalue weighted by molar-refractivity contribution is 6.03. The molecule has 0 aromatic carbocycles. The molecule has 0 aliphatic carbocycles. The van der Waals surface area contributed by atoms with Crippen molar-refractivity contribution in [2.45, 2.75) is 12.8 Å². The minimum atomic E-state index is -0.170. The van der Waals surface area contributed by atoms with E-state index in [1.165, 1.54) is 0 Å². The van der Waals surface area contributed by atoms with Crippen LogP contribution in [0.15, 0.2) is 12.7 Å². The Kier molecular flexibility index (Phi) is 1.85. The molecule has 3 heteroatoms. The van der Waals surface area contributed by atoms with Crippen molar-refractivity contribution in [2.24, 2.45) is 5.92 Å². The molecule has 0 aromatic rings. The number of imide groups is 1. The van der Waals surface area contributed by atoms with Gasteiger partial charge in [0.15, 0.2) is 0 Å². The van der Waals surface area contributed by atoms with Gasteiger partial charge in [0.1, 0.15) is 0 Å². The van der Waals surface area contributed by atoms with Crippen molar-refractivity contribution < 1.29 is 9.59 Å². The first kappa shape index (κ1) is 6.99. The summed E-state index contributed by atoms with van der Waals surface area (Å²) in [5.41, 5.74) is 0. The van der Waals surface area contributed by atoms with E-state index in [0.717, 1.165) is 0 Å². The lowest BCUT2D eigenvalue weighted by atomic mass is 10.0. The molecule has 1 aliphatic heterocycles. The second-order valence-electron chi connectivity index (χ2n) is 2.34. The molecule has 0 spiro atoms. The quantitative estimate of drug-likeness (QED) is 0.439. The van der Waals surface area contributed by atoms with Gasteiger partial charge in [0.25, 0.3) is 0 Å². The summed E-state index contributed by atoms with van der Waals surface area (Å²) in [5, 5.41) is 2.23. The van der Waals surface area contributed by atoms with E-state index in [2.05, 4.69) is 11.9 Å². The van der Waals surface area contributed by atoms with Gasteiger partial charge >= 0.3 is 0 Å². The van der Waals surface area contributed by atoms with Crippen LogP contribution in [0.4, 0.5) is 0 Å². The molecular formula is C7H9NO2. The van der Waals surface area contributed by atoms with Gasteiger partial charge in [0, 0.05) is 6.42 Å². The van der Waals surface area contributed by atoms with E-state index in [1.807, 2.05) is 0 Å². The van der Waals surface area contributed by atoms with Crippen LogP contribution in [0.2, 0.25) is 0 Å². The van der Waals surface area contributed by atoms with E-state index >= 15 is 0 Å². The van der Waals surface area contributed by atoms with Crippen molar-refractivity contribution in [1.29, 1.82) is 0 Å². The van der Waals surface area contributed by atoms with Crippen molar-refractivity contribution in [3.05, 3.63) is 12.7 Å². The lowest BCUT2D eigenvalue weighted by Gasteiger charge is -1.97.